The molecule has 2 nitrogen and oxygen atoms in total. The molecule has 1 N–H and O–H groups in total. The highest BCUT2D eigenvalue weighted by atomic mass is 79.9. The molecule has 104 valence electrons. The van der Waals surface area contributed by atoms with Crippen LogP contribution in [0.25, 0.3) is 0 Å². The number of ether oxygens (including phenoxy) is 1. The van der Waals surface area contributed by atoms with Gasteiger partial charge in [0.05, 0.1) is 11.1 Å². The summed E-state index contributed by atoms with van der Waals surface area (Å²) in [6, 6.07) is 2.19. The molecule has 4 heteroatoms. The molecule has 3 rings (SSSR count). The van der Waals surface area contributed by atoms with Crippen LogP contribution in [-0.2, 0) is 5.41 Å². The molecule has 2 bridgehead atoms. The number of aliphatic hydroxyl groups is 1. The molecule has 1 saturated carbocycles. The van der Waals surface area contributed by atoms with Gasteiger partial charge in [-0.05, 0) is 47.3 Å². The number of hydrogen-bond acceptors (Lipinski definition) is 2. The lowest BCUT2D eigenvalue weighted by Gasteiger charge is -2.45. The summed E-state index contributed by atoms with van der Waals surface area (Å²) in [4.78, 5) is 0. The molecule has 0 unspecified atom stereocenters. The third-order valence-electron chi connectivity index (χ3n) is 5.40. The Hall–Kier alpha value is -0.0600. The predicted octanol–water partition coefficient (Wildman–Crippen LogP) is 4.33. The smallest absolute Gasteiger partial charge is 0.138 e. The Bertz CT molecular complexity index is 558. The first-order valence-corrected chi connectivity index (χ1v) is 8.23. The van der Waals surface area contributed by atoms with E-state index in [0.29, 0.717) is 5.92 Å². The van der Waals surface area contributed by atoms with Crippen LogP contribution in [0.3, 0.4) is 0 Å². The minimum absolute atomic E-state index is 0.0784. The van der Waals surface area contributed by atoms with Gasteiger partial charge in [0.15, 0.2) is 0 Å². The Morgan fingerprint density at radius 2 is 2.11 bits per heavy atom. The normalized spacial score (nSPS) is 36.0. The predicted molar refractivity (Wildman–Crippen MR) is 82.8 cm³/mol. The fourth-order valence-electron chi connectivity index (χ4n) is 3.66. The Labute approximate surface area is 130 Å². The zero-order valence-corrected chi connectivity index (χ0v) is 14.6. The Morgan fingerprint density at radius 3 is 2.74 bits per heavy atom. The molecule has 3 atom stereocenters. The number of fused-ring (bicyclic) bond motifs is 4. The van der Waals surface area contributed by atoms with Crippen molar-refractivity contribution in [2.45, 2.75) is 44.6 Å². The number of benzene rings is 1. The first-order chi connectivity index (χ1) is 8.85. The van der Waals surface area contributed by atoms with Gasteiger partial charge in [-0.25, -0.2) is 0 Å². The second kappa shape index (κ2) is 4.22. The monoisotopic (exact) mass is 388 g/mol. The molecule has 1 aliphatic heterocycles. The Kier molecular flexibility index (Phi) is 3.09. The van der Waals surface area contributed by atoms with Crippen LogP contribution < -0.4 is 4.74 Å². The van der Waals surface area contributed by atoms with Gasteiger partial charge in [-0.1, -0.05) is 29.8 Å². The van der Waals surface area contributed by atoms with Crippen molar-refractivity contribution in [3.63, 3.8) is 0 Å². The van der Waals surface area contributed by atoms with E-state index in [0.717, 1.165) is 33.1 Å². The first kappa shape index (κ1) is 13.9. The lowest BCUT2D eigenvalue weighted by Crippen LogP contribution is -2.50. The number of rotatable bonds is 1. The highest BCUT2D eigenvalue weighted by Gasteiger charge is 2.59. The number of halogens is 2. The maximum Gasteiger partial charge on any atom is 0.138 e. The summed E-state index contributed by atoms with van der Waals surface area (Å²) < 4.78 is 8.40. The van der Waals surface area contributed by atoms with E-state index in [2.05, 4.69) is 58.7 Å². The average Bonchev–Trinajstić information content (AvgIpc) is 2.57. The maximum absolute atomic E-state index is 9.84. The van der Waals surface area contributed by atoms with E-state index in [4.69, 9.17) is 4.74 Å². The topological polar surface area (TPSA) is 29.5 Å². The van der Waals surface area contributed by atoms with Crippen molar-refractivity contribution in [1.29, 1.82) is 0 Å². The second-order valence-corrected chi connectivity index (χ2v) is 7.79. The molecule has 0 spiro atoms. The largest absolute Gasteiger partial charge is 0.483 e. The molecule has 0 saturated heterocycles. The molecule has 1 heterocycles. The molecule has 0 aromatic heterocycles. The van der Waals surface area contributed by atoms with Crippen molar-refractivity contribution in [3.8, 4) is 5.75 Å². The summed E-state index contributed by atoms with van der Waals surface area (Å²) in [5.41, 5.74) is 2.06. The molecular weight excluding hydrogens is 372 g/mol. The van der Waals surface area contributed by atoms with Gasteiger partial charge in [0.1, 0.15) is 11.4 Å². The van der Waals surface area contributed by atoms with Crippen LogP contribution >= 0.6 is 31.9 Å². The Balaban J connectivity index is 2.29. The highest BCUT2D eigenvalue weighted by Crippen LogP contribution is 2.60. The Morgan fingerprint density at radius 1 is 1.42 bits per heavy atom. The molecule has 1 aliphatic carbocycles. The molecule has 1 fully saturated rings. The summed E-state index contributed by atoms with van der Waals surface area (Å²) in [7, 11) is 0. The van der Waals surface area contributed by atoms with Crippen LogP contribution in [0, 0.1) is 12.8 Å². The van der Waals surface area contributed by atoms with Crippen molar-refractivity contribution in [2.24, 2.45) is 5.92 Å². The van der Waals surface area contributed by atoms with Gasteiger partial charge in [-0.2, -0.15) is 0 Å². The number of hydrogen-bond donors (Lipinski definition) is 1. The first-order valence-electron chi connectivity index (χ1n) is 6.65. The van der Waals surface area contributed by atoms with Crippen LogP contribution in [0.2, 0.25) is 0 Å². The average molecular weight is 390 g/mol. The van der Waals surface area contributed by atoms with Crippen LogP contribution in [0.1, 0.15) is 37.8 Å². The molecule has 2 aliphatic rings. The number of aliphatic hydroxyl groups excluding tert-OH is 1. The molecule has 1 aromatic rings. The van der Waals surface area contributed by atoms with Gasteiger partial charge in [-0.3, -0.25) is 0 Å². The fraction of sp³-hybridized carbons (Fsp3) is 0.600. The summed E-state index contributed by atoms with van der Waals surface area (Å²) in [6.45, 7) is 6.65. The van der Waals surface area contributed by atoms with E-state index in [1.807, 2.05) is 0 Å². The van der Waals surface area contributed by atoms with Gasteiger partial charge >= 0.3 is 0 Å². The summed E-state index contributed by atoms with van der Waals surface area (Å²) in [5.74, 6) is 1.24. The molecule has 19 heavy (non-hydrogen) atoms. The van der Waals surface area contributed by atoms with Crippen LogP contribution in [0.4, 0.5) is 0 Å². The van der Waals surface area contributed by atoms with E-state index in [-0.39, 0.29) is 12.0 Å². The minimum atomic E-state index is -0.412. The zero-order chi connectivity index (χ0) is 14.0. The quantitative estimate of drug-likeness (QED) is 0.774. The van der Waals surface area contributed by atoms with Crippen LogP contribution in [0.15, 0.2) is 15.0 Å². The van der Waals surface area contributed by atoms with E-state index in [9.17, 15) is 5.11 Å². The van der Waals surface area contributed by atoms with Crippen molar-refractivity contribution in [1.82, 2.24) is 0 Å². The van der Waals surface area contributed by atoms with Gasteiger partial charge in [0.25, 0.3) is 0 Å². The molecular formula is C15H18Br2O2. The summed E-state index contributed by atoms with van der Waals surface area (Å²) >= 11 is 7.30. The van der Waals surface area contributed by atoms with Crippen LogP contribution in [0.5, 0.6) is 5.75 Å². The van der Waals surface area contributed by atoms with Crippen molar-refractivity contribution < 1.29 is 9.84 Å². The van der Waals surface area contributed by atoms with Crippen LogP contribution in [-0.4, -0.2) is 17.3 Å². The van der Waals surface area contributed by atoms with Crippen molar-refractivity contribution in [2.75, 3.05) is 6.61 Å². The van der Waals surface area contributed by atoms with Crippen molar-refractivity contribution in [3.05, 3.63) is 26.1 Å². The molecule has 1 aromatic carbocycles. The lowest BCUT2D eigenvalue weighted by atomic mass is 9.69. The third kappa shape index (κ3) is 1.63. The zero-order valence-electron chi connectivity index (χ0n) is 11.4. The maximum atomic E-state index is 9.84. The van der Waals surface area contributed by atoms with Crippen molar-refractivity contribution >= 4 is 31.9 Å². The third-order valence-corrected chi connectivity index (χ3v) is 7.18. The van der Waals surface area contributed by atoms with Gasteiger partial charge in [0.2, 0.25) is 0 Å². The molecule has 0 amide bonds. The van der Waals surface area contributed by atoms with Gasteiger partial charge in [-0.15, -0.1) is 0 Å². The second-order valence-electron chi connectivity index (χ2n) is 6.14. The van der Waals surface area contributed by atoms with E-state index in [1.165, 1.54) is 5.56 Å². The van der Waals surface area contributed by atoms with E-state index in [1.54, 1.807) is 0 Å². The standard InChI is InChI=1S/C15H18Br2O2/c1-8-11(16)6-10-13(12(8)17)19-15(7-18)5-4-14(10,3)9(15)2/h6,9,18H,4-5,7H2,1-3H3/t9-,14-,15-/m1/s1. The lowest BCUT2D eigenvalue weighted by molar-refractivity contribution is -0.0401. The highest BCUT2D eigenvalue weighted by molar-refractivity contribution is 9.11. The SMILES string of the molecule is Cc1c(Br)cc2c(c1Br)O[C@@]1(CO)CC[C@]2(C)[C@H]1C. The van der Waals surface area contributed by atoms with Gasteiger partial charge < -0.3 is 9.84 Å². The molecule has 0 radical (unpaired) electrons. The van der Waals surface area contributed by atoms with Gasteiger partial charge in [0, 0.05) is 21.4 Å². The van der Waals surface area contributed by atoms with E-state index < -0.39 is 5.60 Å². The minimum Gasteiger partial charge on any atom is -0.483 e. The summed E-state index contributed by atoms with van der Waals surface area (Å²) in [6.07, 6.45) is 1.97. The fourth-order valence-corrected chi connectivity index (χ4v) is 4.86. The van der Waals surface area contributed by atoms with E-state index >= 15 is 0 Å². The summed E-state index contributed by atoms with van der Waals surface area (Å²) in [5, 5.41) is 9.84.